The number of halogens is 1. The van der Waals surface area contributed by atoms with Crippen LogP contribution in [0.1, 0.15) is 16.1 Å². The van der Waals surface area contributed by atoms with Crippen LogP contribution in [-0.2, 0) is 0 Å². The molecule has 0 bridgehead atoms. The molecule has 1 aromatic heterocycles. The zero-order valence-electron chi connectivity index (χ0n) is 12.5. The van der Waals surface area contributed by atoms with Crippen LogP contribution < -0.4 is 5.32 Å². The molecule has 4 nitrogen and oxygen atoms in total. The van der Waals surface area contributed by atoms with Crippen molar-refractivity contribution in [1.29, 1.82) is 0 Å². The number of nitrogens with one attached hydrogen (secondary N) is 1. The number of rotatable bonds is 3. The third kappa shape index (κ3) is 3.73. The summed E-state index contributed by atoms with van der Waals surface area (Å²) < 4.78 is 0. The van der Waals surface area contributed by atoms with Crippen molar-refractivity contribution in [1.82, 2.24) is 9.97 Å². The van der Waals surface area contributed by atoms with Crippen LogP contribution in [0.15, 0.2) is 60.9 Å². The molecule has 0 fully saturated rings. The van der Waals surface area contributed by atoms with Crippen molar-refractivity contribution in [3.05, 3.63) is 77.2 Å². The Labute approximate surface area is 139 Å². The maximum Gasteiger partial charge on any atom is 0.274 e. The number of anilines is 1. The Morgan fingerprint density at radius 1 is 1.04 bits per heavy atom. The number of nitrogens with zero attached hydrogens (tertiary/aromatic N) is 2. The molecule has 0 saturated heterocycles. The minimum absolute atomic E-state index is 0.278. The van der Waals surface area contributed by atoms with Gasteiger partial charge in [0, 0.05) is 16.3 Å². The van der Waals surface area contributed by atoms with Crippen molar-refractivity contribution < 1.29 is 4.79 Å². The van der Waals surface area contributed by atoms with Crippen LogP contribution >= 0.6 is 11.6 Å². The molecule has 0 aliphatic heterocycles. The Morgan fingerprint density at radius 3 is 2.57 bits per heavy atom. The highest BCUT2D eigenvalue weighted by molar-refractivity contribution is 6.30. The van der Waals surface area contributed by atoms with Crippen LogP contribution in [0.5, 0.6) is 0 Å². The van der Waals surface area contributed by atoms with Gasteiger partial charge in [-0.1, -0.05) is 41.4 Å². The molecule has 0 spiro atoms. The van der Waals surface area contributed by atoms with Crippen molar-refractivity contribution in [3.8, 4) is 11.3 Å². The molecule has 3 rings (SSSR count). The summed E-state index contributed by atoms with van der Waals surface area (Å²) in [7, 11) is 0. The zero-order valence-corrected chi connectivity index (χ0v) is 13.2. The fourth-order valence-corrected chi connectivity index (χ4v) is 2.31. The third-order valence-electron chi connectivity index (χ3n) is 3.33. The van der Waals surface area contributed by atoms with E-state index in [4.69, 9.17) is 11.6 Å². The first-order valence-electron chi connectivity index (χ1n) is 7.08. The van der Waals surface area contributed by atoms with E-state index in [1.807, 2.05) is 43.3 Å². The Morgan fingerprint density at radius 2 is 1.83 bits per heavy atom. The van der Waals surface area contributed by atoms with Crippen molar-refractivity contribution >= 4 is 23.2 Å². The Kier molecular flexibility index (Phi) is 4.35. The van der Waals surface area contributed by atoms with Gasteiger partial charge in [0.15, 0.2) is 0 Å². The Bertz CT molecular complexity index is 847. The minimum Gasteiger partial charge on any atom is -0.321 e. The molecule has 5 heteroatoms. The fraction of sp³-hybridized carbons (Fsp3) is 0.0556. The number of hydrogen-bond acceptors (Lipinski definition) is 3. The Hall–Kier alpha value is -2.72. The molecular weight excluding hydrogens is 310 g/mol. The normalized spacial score (nSPS) is 10.3. The SMILES string of the molecule is Cc1ccc(NC(=O)c2cc(-c3cccc(Cl)c3)ncn2)cc1. The van der Waals surface area contributed by atoms with Gasteiger partial charge in [0.1, 0.15) is 12.0 Å². The highest BCUT2D eigenvalue weighted by Gasteiger charge is 2.10. The van der Waals surface area contributed by atoms with E-state index < -0.39 is 0 Å². The average molecular weight is 324 g/mol. The largest absolute Gasteiger partial charge is 0.321 e. The molecule has 3 aromatic rings. The standard InChI is InChI=1S/C18H14ClN3O/c1-12-5-7-15(8-6-12)22-18(23)17-10-16(20-11-21-17)13-3-2-4-14(19)9-13/h2-11H,1H3,(H,22,23). The van der Waals surface area contributed by atoms with Gasteiger partial charge in [-0.3, -0.25) is 4.79 Å². The van der Waals surface area contributed by atoms with Crippen molar-refractivity contribution in [2.24, 2.45) is 0 Å². The predicted octanol–water partition coefficient (Wildman–Crippen LogP) is 4.36. The van der Waals surface area contributed by atoms with Crippen LogP contribution in [0, 0.1) is 6.92 Å². The molecule has 0 saturated carbocycles. The number of aromatic nitrogens is 2. The molecule has 23 heavy (non-hydrogen) atoms. The summed E-state index contributed by atoms with van der Waals surface area (Å²) in [6.45, 7) is 1.99. The lowest BCUT2D eigenvalue weighted by molar-refractivity contribution is 0.102. The van der Waals surface area contributed by atoms with Crippen LogP contribution in [0.3, 0.4) is 0 Å². The molecule has 0 atom stereocenters. The van der Waals surface area contributed by atoms with Gasteiger partial charge in [-0.25, -0.2) is 9.97 Å². The number of amides is 1. The smallest absolute Gasteiger partial charge is 0.274 e. The molecule has 0 aliphatic carbocycles. The van der Waals surface area contributed by atoms with E-state index in [-0.39, 0.29) is 5.91 Å². The highest BCUT2D eigenvalue weighted by Crippen LogP contribution is 2.21. The summed E-state index contributed by atoms with van der Waals surface area (Å²) in [6.07, 6.45) is 1.38. The number of benzene rings is 2. The molecule has 2 aromatic carbocycles. The number of hydrogen-bond donors (Lipinski definition) is 1. The van der Waals surface area contributed by atoms with E-state index in [1.165, 1.54) is 6.33 Å². The van der Waals surface area contributed by atoms with Crippen molar-refractivity contribution in [2.75, 3.05) is 5.32 Å². The summed E-state index contributed by atoms with van der Waals surface area (Å²) in [5.41, 5.74) is 3.65. The Balaban J connectivity index is 1.84. The molecule has 1 amide bonds. The van der Waals surface area contributed by atoms with Gasteiger partial charge >= 0.3 is 0 Å². The third-order valence-corrected chi connectivity index (χ3v) is 3.56. The molecule has 0 radical (unpaired) electrons. The quantitative estimate of drug-likeness (QED) is 0.779. The first-order chi connectivity index (χ1) is 11.1. The predicted molar refractivity (Wildman–Crippen MR) is 91.6 cm³/mol. The van der Waals surface area contributed by atoms with Crippen molar-refractivity contribution in [2.45, 2.75) is 6.92 Å². The molecule has 0 aliphatic rings. The lowest BCUT2D eigenvalue weighted by atomic mass is 10.1. The number of carbonyl (C=O) groups is 1. The highest BCUT2D eigenvalue weighted by atomic mass is 35.5. The molecule has 1 heterocycles. The first-order valence-corrected chi connectivity index (χ1v) is 7.45. The van der Waals surface area contributed by atoms with Crippen LogP contribution in [0.25, 0.3) is 11.3 Å². The lowest BCUT2D eigenvalue weighted by Crippen LogP contribution is -2.14. The maximum atomic E-state index is 12.3. The van der Waals surface area contributed by atoms with Gasteiger partial charge in [-0.05, 0) is 37.3 Å². The van der Waals surface area contributed by atoms with Crippen LogP contribution in [-0.4, -0.2) is 15.9 Å². The second kappa shape index (κ2) is 6.58. The zero-order chi connectivity index (χ0) is 16.2. The summed E-state index contributed by atoms with van der Waals surface area (Å²) in [6, 6.07) is 16.5. The number of aryl methyl sites for hydroxylation is 1. The number of carbonyl (C=O) groups excluding carboxylic acids is 1. The second-order valence-electron chi connectivity index (χ2n) is 5.12. The van der Waals surface area contributed by atoms with Gasteiger partial charge in [-0.2, -0.15) is 0 Å². The molecule has 0 unspecified atom stereocenters. The maximum absolute atomic E-state index is 12.3. The molecule has 1 N–H and O–H groups in total. The van der Waals surface area contributed by atoms with Gasteiger partial charge in [0.25, 0.3) is 5.91 Å². The van der Waals surface area contributed by atoms with Gasteiger partial charge in [-0.15, -0.1) is 0 Å². The minimum atomic E-state index is -0.278. The topological polar surface area (TPSA) is 54.9 Å². The summed E-state index contributed by atoms with van der Waals surface area (Å²) >= 11 is 5.99. The fourth-order valence-electron chi connectivity index (χ4n) is 2.12. The van der Waals surface area contributed by atoms with E-state index >= 15 is 0 Å². The van der Waals surface area contributed by atoms with Gasteiger partial charge in [0.05, 0.1) is 5.69 Å². The monoisotopic (exact) mass is 323 g/mol. The van der Waals surface area contributed by atoms with E-state index in [0.29, 0.717) is 16.4 Å². The van der Waals surface area contributed by atoms with Gasteiger partial charge < -0.3 is 5.32 Å². The van der Waals surface area contributed by atoms with Crippen LogP contribution in [0.2, 0.25) is 5.02 Å². The summed E-state index contributed by atoms with van der Waals surface area (Å²) in [4.78, 5) is 20.6. The summed E-state index contributed by atoms with van der Waals surface area (Å²) in [5.74, 6) is -0.278. The lowest BCUT2D eigenvalue weighted by Gasteiger charge is -2.06. The van der Waals surface area contributed by atoms with E-state index in [0.717, 1.165) is 16.8 Å². The molecular formula is C18H14ClN3O. The first kappa shape index (κ1) is 15.2. The average Bonchev–Trinajstić information content (AvgIpc) is 2.57. The van der Waals surface area contributed by atoms with E-state index in [1.54, 1.807) is 18.2 Å². The van der Waals surface area contributed by atoms with E-state index in [9.17, 15) is 4.79 Å². The second-order valence-corrected chi connectivity index (χ2v) is 5.56. The van der Waals surface area contributed by atoms with Gasteiger partial charge in [0.2, 0.25) is 0 Å². The molecule has 114 valence electrons. The van der Waals surface area contributed by atoms with Crippen LogP contribution in [0.4, 0.5) is 5.69 Å². The summed E-state index contributed by atoms with van der Waals surface area (Å²) in [5, 5.41) is 3.44. The van der Waals surface area contributed by atoms with Crippen molar-refractivity contribution in [3.63, 3.8) is 0 Å². The van der Waals surface area contributed by atoms with E-state index in [2.05, 4.69) is 15.3 Å².